The molecule has 0 unspecified atom stereocenters. The number of hydrogen-bond acceptors (Lipinski definition) is 3. The first-order valence-corrected chi connectivity index (χ1v) is 19.3. The Bertz CT molecular complexity index is 692. The fraction of sp³-hybridized carbons (Fsp3) is 0.529. The second-order valence-electron chi connectivity index (χ2n) is 7.50. The molecular weight excluding hydrogens is 417 g/mol. The minimum atomic E-state index is -3.59. The van der Waals surface area contributed by atoms with Gasteiger partial charge in [0.15, 0.2) is 0 Å². The third-order valence-electron chi connectivity index (χ3n) is 4.75. The summed E-state index contributed by atoms with van der Waals surface area (Å²) in [5, 5.41) is 10.5. The van der Waals surface area contributed by atoms with Crippen molar-refractivity contribution < 1.29 is 13.5 Å². The summed E-state index contributed by atoms with van der Waals surface area (Å²) in [4.78, 5) is 7.02. The molecule has 1 aromatic carbocycles. The van der Waals surface area contributed by atoms with Crippen molar-refractivity contribution in [3.63, 3.8) is 0 Å². The molecule has 0 bridgehead atoms. The topological polar surface area (TPSA) is 57.6 Å². The van der Waals surface area contributed by atoms with E-state index in [9.17, 15) is 13.5 Å². The van der Waals surface area contributed by atoms with Crippen LogP contribution in [-0.2, 0) is 10.0 Å². The fourth-order valence-electron chi connectivity index (χ4n) is 3.15. The van der Waals surface area contributed by atoms with Crippen LogP contribution in [-0.4, -0.2) is 54.9 Å². The summed E-state index contributed by atoms with van der Waals surface area (Å²) in [5.74, 6) is -0.161. The van der Waals surface area contributed by atoms with E-state index in [1.807, 2.05) is 13.8 Å². The van der Waals surface area contributed by atoms with Crippen LogP contribution in [0.25, 0.3) is 0 Å². The molecule has 1 heterocycles. The molecule has 0 amide bonds. The molecule has 1 saturated heterocycles. The first kappa shape index (κ1) is 19.0. The molecule has 128 valence electrons. The summed E-state index contributed by atoms with van der Waals surface area (Å²) < 4.78 is 28.4. The molecule has 1 aromatic rings. The van der Waals surface area contributed by atoms with Gasteiger partial charge in [0.1, 0.15) is 0 Å². The molecular formula is C17H27NO3SSn. The van der Waals surface area contributed by atoms with Gasteiger partial charge in [-0.2, -0.15) is 0 Å². The second kappa shape index (κ2) is 6.50. The van der Waals surface area contributed by atoms with Crippen LogP contribution in [0.15, 0.2) is 39.3 Å². The van der Waals surface area contributed by atoms with E-state index in [2.05, 4.69) is 21.4 Å². The standard InChI is InChI=1S/C14H18NO3S.3CH3.Sn/c1-4-13-11(3)15(9-14(13)16)19(17,18)12-7-5-10(2)6-8-12;;;;/h5-8,11,13-14,16H,1,9H2,2-3H3;3*1H3;/t11-,13-,14-;;;;/m0..../s1. The number of rotatable bonds is 4. The molecule has 4 nitrogen and oxygen atoms in total. The monoisotopic (exact) mass is 445 g/mol. The van der Waals surface area contributed by atoms with Crippen LogP contribution in [0.5, 0.6) is 0 Å². The van der Waals surface area contributed by atoms with Gasteiger partial charge in [-0.15, -0.1) is 0 Å². The van der Waals surface area contributed by atoms with Crippen molar-refractivity contribution in [2.45, 2.75) is 45.7 Å². The van der Waals surface area contributed by atoms with Crippen LogP contribution in [0, 0.1) is 12.8 Å². The van der Waals surface area contributed by atoms with Gasteiger partial charge in [0.2, 0.25) is 0 Å². The molecule has 6 heteroatoms. The van der Waals surface area contributed by atoms with Crippen LogP contribution < -0.4 is 0 Å². The molecule has 0 aromatic heterocycles. The number of aliphatic hydroxyl groups excluding tert-OH is 1. The van der Waals surface area contributed by atoms with Crippen molar-refractivity contribution in [3.05, 3.63) is 40.0 Å². The zero-order valence-corrected chi connectivity index (χ0v) is 18.2. The Morgan fingerprint density at radius 1 is 1.26 bits per heavy atom. The average molecular weight is 444 g/mol. The van der Waals surface area contributed by atoms with Gasteiger partial charge in [-0.3, -0.25) is 0 Å². The number of benzene rings is 1. The first-order valence-electron chi connectivity index (χ1n) is 7.92. The summed E-state index contributed by atoms with van der Waals surface area (Å²) in [6.07, 6.45) is -0.673. The van der Waals surface area contributed by atoms with Crippen molar-refractivity contribution in [1.82, 2.24) is 4.31 Å². The Morgan fingerprint density at radius 3 is 2.26 bits per heavy atom. The maximum absolute atomic E-state index is 12.9. The SMILES string of the molecule is C=[C]([C@@H]1[C@@H](O)CN(S(=O)(=O)c2ccc(C)cc2)[C@H]1C)[Sn]([CH3])([CH3])[CH3]. The number of hydrogen-bond donors (Lipinski definition) is 1. The van der Waals surface area contributed by atoms with Crippen molar-refractivity contribution in [2.24, 2.45) is 5.92 Å². The van der Waals surface area contributed by atoms with Crippen LogP contribution in [0.3, 0.4) is 0 Å². The summed E-state index contributed by atoms with van der Waals surface area (Å²) in [6, 6.07) is 6.60. The maximum atomic E-state index is 12.9. The summed E-state index contributed by atoms with van der Waals surface area (Å²) in [6.45, 7) is 8.17. The van der Waals surface area contributed by atoms with E-state index < -0.39 is 34.5 Å². The van der Waals surface area contributed by atoms with Crippen molar-refractivity contribution >= 4 is 28.4 Å². The van der Waals surface area contributed by atoms with Gasteiger partial charge < -0.3 is 0 Å². The van der Waals surface area contributed by atoms with Gasteiger partial charge in [0, 0.05) is 0 Å². The average Bonchev–Trinajstić information content (AvgIpc) is 2.73. The number of nitrogens with zero attached hydrogens (tertiary/aromatic N) is 1. The number of aryl methyl sites for hydroxylation is 1. The van der Waals surface area contributed by atoms with Gasteiger partial charge in [-0.05, 0) is 0 Å². The number of aliphatic hydroxyl groups is 1. The Hall–Kier alpha value is -0.371. The van der Waals surface area contributed by atoms with Crippen LogP contribution in [0.2, 0.25) is 14.8 Å². The molecule has 0 saturated carbocycles. The zero-order valence-electron chi connectivity index (χ0n) is 14.6. The van der Waals surface area contributed by atoms with E-state index in [0.717, 1.165) is 9.15 Å². The van der Waals surface area contributed by atoms with Crippen LogP contribution >= 0.6 is 0 Å². The Balaban J connectivity index is 2.35. The van der Waals surface area contributed by atoms with E-state index in [4.69, 9.17) is 0 Å². The summed E-state index contributed by atoms with van der Waals surface area (Å²) >= 11 is -2.42. The number of β-amino-alcohol motifs (C(OH)–C–C–N with tert-alkyl or cyclic N) is 1. The molecule has 0 spiro atoms. The molecule has 2 rings (SSSR count). The molecule has 0 radical (unpaired) electrons. The quantitative estimate of drug-likeness (QED) is 0.728. The Labute approximate surface area is 144 Å². The number of sulfonamides is 1. The Kier molecular flexibility index (Phi) is 5.36. The van der Waals surface area contributed by atoms with Crippen LogP contribution in [0.1, 0.15) is 12.5 Å². The normalized spacial score (nSPS) is 26.4. The molecule has 3 atom stereocenters. The van der Waals surface area contributed by atoms with Gasteiger partial charge in [0.25, 0.3) is 0 Å². The van der Waals surface area contributed by atoms with Gasteiger partial charge in [0.05, 0.1) is 0 Å². The van der Waals surface area contributed by atoms with E-state index >= 15 is 0 Å². The molecule has 23 heavy (non-hydrogen) atoms. The third kappa shape index (κ3) is 3.67. The molecule has 0 aliphatic carbocycles. The van der Waals surface area contributed by atoms with Crippen LogP contribution in [0.4, 0.5) is 0 Å². The summed E-state index contributed by atoms with van der Waals surface area (Å²) in [7, 11) is -3.59. The predicted molar refractivity (Wildman–Crippen MR) is 96.5 cm³/mol. The van der Waals surface area contributed by atoms with E-state index in [1.54, 1.807) is 24.3 Å². The molecule has 1 aliphatic heterocycles. The van der Waals surface area contributed by atoms with Crippen molar-refractivity contribution in [1.29, 1.82) is 0 Å². The van der Waals surface area contributed by atoms with Crippen molar-refractivity contribution in [3.8, 4) is 0 Å². The first-order chi connectivity index (χ1) is 10.5. The summed E-state index contributed by atoms with van der Waals surface area (Å²) in [5.41, 5.74) is 1.02. The predicted octanol–water partition coefficient (Wildman–Crippen LogP) is 2.80. The second-order valence-corrected chi connectivity index (χ2v) is 24.1. The van der Waals surface area contributed by atoms with Gasteiger partial charge >= 0.3 is 144 Å². The molecule has 1 aliphatic rings. The van der Waals surface area contributed by atoms with Crippen molar-refractivity contribution in [2.75, 3.05) is 6.54 Å². The zero-order chi connectivity index (χ0) is 17.6. The molecule has 1 fully saturated rings. The third-order valence-corrected chi connectivity index (χ3v) is 13.2. The minimum absolute atomic E-state index is 0.142. The Morgan fingerprint density at radius 2 is 1.78 bits per heavy atom. The van der Waals surface area contributed by atoms with E-state index in [1.165, 1.54) is 4.31 Å². The molecule has 1 N–H and O–H groups in total. The van der Waals surface area contributed by atoms with Gasteiger partial charge in [-0.25, -0.2) is 0 Å². The fourth-order valence-corrected chi connectivity index (χ4v) is 8.91. The van der Waals surface area contributed by atoms with E-state index in [-0.39, 0.29) is 23.4 Å². The van der Waals surface area contributed by atoms with E-state index in [0.29, 0.717) is 0 Å². The van der Waals surface area contributed by atoms with Gasteiger partial charge in [-0.1, -0.05) is 0 Å².